The average molecular weight is 292 g/mol. The van der Waals surface area contributed by atoms with Gasteiger partial charge in [-0.2, -0.15) is 0 Å². The molecule has 0 spiro atoms. The molecule has 4 aliphatic rings. The first-order valence-corrected chi connectivity index (χ1v) is 9.33. The lowest BCUT2D eigenvalue weighted by Gasteiger charge is -2.61. The molecule has 0 aromatic rings. The molecule has 4 saturated carbocycles. The van der Waals surface area contributed by atoms with Crippen LogP contribution in [0.5, 0.6) is 0 Å². The second kappa shape index (κ2) is 4.71. The lowest BCUT2D eigenvalue weighted by atomic mass is 9.44. The molecule has 4 aliphatic carbocycles. The topological polar surface area (TPSA) is 40.5 Å². The Labute approximate surface area is 129 Å². The van der Waals surface area contributed by atoms with E-state index in [0.717, 1.165) is 18.8 Å². The fourth-order valence-electron chi connectivity index (χ4n) is 7.33. The maximum atomic E-state index is 10.8. The Hall–Kier alpha value is -0.0800. The third-order valence-corrected chi connectivity index (χ3v) is 8.54. The van der Waals surface area contributed by atoms with Crippen LogP contribution in [0.4, 0.5) is 0 Å². The van der Waals surface area contributed by atoms with Crippen molar-refractivity contribution in [1.82, 2.24) is 0 Å². The van der Waals surface area contributed by atoms with Crippen LogP contribution in [0.3, 0.4) is 0 Å². The van der Waals surface area contributed by atoms with E-state index >= 15 is 0 Å². The summed E-state index contributed by atoms with van der Waals surface area (Å²) in [5.41, 5.74) is 0.508. The highest BCUT2D eigenvalue weighted by molar-refractivity contribution is 5.10. The molecule has 0 radical (unpaired) electrons. The van der Waals surface area contributed by atoms with E-state index in [1.165, 1.54) is 44.9 Å². The zero-order valence-electron chi connectivity index (χ0n) is 13.7. The van der Waals surface area contributed by atoms with Gasteiger partial charge in [-0.15, -0.1) is 0 Å². The van der Waals surface area contributed by atoms with E-state index < -0.39 is 0 Å². The van der Waals surface area contributed by atoms with Crippen molar-refractivity contribution in [2.24, 2.45) is 34.5 Å². The quantitative estimate of drug-likeness (QED) is 0.714. The lowest BCUT2D eigenvalue weighted by molar-refractivity contribution is -0.162. The highest BCUT2D eigenvalue weighted by atomic mass is 16.3. The number of aliphatic hydroxyl groups excluding tert-OH is 2. The van der Waals surface area contributed by atoms with Crippen molar-refractivity contribution in [3.63, 3.8) is 0 Å². The van der Waals surface area contributed by atoms with Crippen LogP contribution in [0.1, 0.15) is 71.6 Å². The first-order chi connectivity index (χ1) is 9.97. The summed E-state index contributed by atoms with van der Waals surface area (Å²) in [5.74, 6) is 2.66. The minimum absolute atomic E-state index is 0.0864. The van der Waals surface area contributed by atoms with Crippen molar-refractivity contribution in [1.29, 1.82) is 0 Å². The van der Waals surface area contributed by atoms with Crippen molar-refractivity contribution >= 4 is 0 Å². The largest absolute Gasteiger partial charge is 0.393 e. The van der Waals surface area contributed by atoms with E-state index in [0.29, 0.717) is 23.2 Å². The van der Waals surface area contributed by atoms with Crippen molar-refractivity contribution < 1.29 is 10.2 Å². The summed E-state index contributed by atoms with van der Waals surface area (Å²) in [6.45, 7) is 4.82. The van der Waals surface area contributed by atoms with Gasteiger partial charge in [0.25, 0.3) is 0 Å². The number of rotatable bonds is 0. The number of hydrogen-bond donors (Lipinski definition) is 2. The van der Waals surface area contributed by atoms with Crippen molar-refractivity contribution in [2.45, 2.75) is 83.8 Å². The van der Waals surface area contributed by atoms with Gasteiger partial charge < -0.3 is 10.2 Å². The molecule has 2 nitrogen and oxygen atoms in total. The van der Waals surface area contributed by atoms with Gasteiger partial charge in [-0.1, -0.05) is 26.7 Å². The molecule has 2 heteroatoms. The fourth-order valence-corrected chi connectivity index (χ4v) is 7.33. The summed E-state index contributed by atoms with van der Waals surface area (Å²) in [6.07, 6.45) is 10.7. The van der Waals surface area contributed by atoms with Crippen LogP contribution in [0, 0.1) is 34.5 Å². The van der Waals surface area contributed by atoms with E-state index in [-0.39, 0.29) is 17.6 Å². The summed E-state index contributed by atoms with van der Waals surface area (Å²) in [5, 5.41) is 21.3. The maximum Gasteiger partial charge on any atom is 0.0596 e. The molecule has 0 aliphatic heterocycles. The maximum absolute atomic E-state index is 10.8. The molecular weight excluding hydrogens is 260 g/mol. The van der Waals surface area contributed by atoms with Gasteiger partial charge in [0.2, 0.25) is 0 Å². The van der Waals surface area contributed by atoms with Crippen LogP contribution in [-0.4, -0.2) is 22.4 Å². The zero-order chi connectivity index (χ0) is 14.8. The van der Waals surface area contributed by atoms with Crippen LogP contribution in [0.2, 0.25) is 0 Å². The van der Waals surface area contributed by atoms with Crippen LogP contribution in [-0.2, 0) is 0 Å². The zero-order valence-corrected chi connectivity index (χ0v) is 13.7. The predicted octanol–water partition coefficient (Wildman–Crippen LogP) is 3.75. The normalized spacial score (nSPS) is 60.0. The summed E-state index contributed by atoms with van der Waals surface area (Å²) in [7, 11) is 0. The van der Waals surface area contributed by atoms with E-state index in [2.05, 4.69) is 13.8 Å². The summed E-state index contributed by atoms with van der Waals surface area (Å²) in [6, 6.07) is 0. The Morgan fingerprint density at radius 2 is 1.52 bits per heavy atom. The second-order valence-corrected chi connectivity index (χ2v) is 9.18. The van der Waals surface area contributed by atoms with Gasteiger partial charge in [0.15, 0.2) is 0 Å². The highest BCUT2D eigenvalue weighted by Gasteiger charge is 2.61. The molecule has 0 aromatic heterocycles. The Kier molecular flexibility index (Phi) is 3.25. The van der Waals surface area contributed by atoms with Crippen LogP contribution < -0.4 is 0 Å². The molecule has 8 atom stereocenters. The number of aliphatic hydroxyl groups is 2. The summed E-state index contributed by atoms with van der Waals surface area (Å²) >= 11 is 0. The third-order valence-electron chi connectivity index (χ3n) is 8.54. The van der Waals surface area contributed by atoms with Gasteiger partial charge in [0, 0.05) is 0 Å². The molecular formula is C19H32O2. The summed E-state index contributed by atoms with van der Waals surface area (Å²) < 4.78 is 0. The standard InChI is InChI=1S/C19H32O2/c1-18-9-4-3-5-15(18)16(20)11-12-13-6-7-17(21)19(13,2)10-8-14(12)18/h12-17,20-21H,3-11H2,1-2H3/t12-,13-,14-,15?,16?,17?,18+,19-/m0/s1. The van der Waals surface area contributed by atoms with Crippen molar-refractivity contribution in [2.75, 3.05) is 0 Å². The third kappa shape index (κ3) is 1.84. The van der Waals surface area contributed by atoms with Gasteiger partial charge in [-0.3, -0.25) is 0 Å². The molecule has 0 amide bonds. The molecule has 0 aromatic carbocycles. The van der Waals surface area contributed by atoms with Crippen LogP contribution in [0.25, 0.3) is 0 Å². The monoisotopic (exact) mass is 292 g/mol. The van der Waals surface area contributed by atoms with E-state index in [1.54, 1.807) is 0 Å². The SMILES string of the molecule is C[C@]12CCCCC1C(O)C[C@@H]1[C@@H]2CC[C@]2(C)C(O)CC[C@@H]12. The minimum Gasteiger partial charge on any atom is -0.393 e. The smallest absolute Gasteiger partial charge is 0.0596 e. The second-order valence-electron chi connectivity index (χ2n) is 9.18. The Bertz CT molecular complexity index is 422. The molecule has 0 saturated heterocycles. The Morgan fingerprint density at radius 1 is 0.762 bits per heavy atom. The molecule has 0 bridgehead atoms. The van der Waals surface area contributed by atoms with Gasteiger partial charge in [-0.25, -0.2) is 0 Å². The van der Waals surface area contributed by atoms with Gasteiger partial charge in [0.05, 0.1) is 12.2 Å². The lowest BCUT2D eigenvalue weighted by Crippen LogP contribution is -2.57. The highest BCUT2D eigenvalue weighted by Crippen LogP contribution is 2.66. The molecule has 4 rings (SSSR count). The molecule has 4 fully saturated rings. The Balaban J connectivity index is 1.68. The average Bonchev–Trinajstić information content (AvgIpc) is 2.75. The minimum atomic E-state index is -0.0996. The molecule has 0 heterocycles. The van der Waals surface area contributed by atoms with E-state index in [1.807, 2.05) is 0 Å². The van der Waals surface area contributed by atoms with Gasteiger partial charge >= 0.3 is 0 Å². The van der Waals surface area contributed by atoms with Crippen molar-refractivity contribution in [3.05, 3.63) is 0 Å². The van der Waals surface area contributed by atoms with Gasteiger partial charge in [-0.05, 0) is 79.4 Å². The van der Waals surface area contributed by atoms with Crippen LogP contribution in [0.15, 0.2) is 0 Å². The number of fused-ring (bicyclic) bond motifs is 5. The van der Waals surface area contributed by atoms with Gasteiger partial charge in [0.1, 0.15) is 0 Å². The molecule has 2 N–H and O–H groups in total. The molecule has 21 heavy (non-hydrogen) atoms. The summed E-state index contributed by atoms with van der Waals surface area (Å²) in [4.78, 5) is 0. The van der Waals surface area contributed by atoms with Crippen molar-refractivity contribution in [3.8, 4) is 0 Å². The first-order valence-electron chi connectivity index (χ1n) is 9.33. The molecule has 3 unspecified atom stereocenters. The Morgan fingerprint density at radius 3 is 2.33 bits per heavy atom. The van der Waals surface area contributed by atoms with E-state index in [9.17, 15) is 10.2 Å². The fraction of sp³-hybridized carbons (Fsp3) is 1.00. The van der Waals surface area contributed by atoms with Crippen LogP contribution >= 0.6 is 0 Å². The predicted molar refractivity (Wildman–Crippen MR) is 83.7 cm³/mol. The molecule has 120 valence electrons. The first kappa shape index (κ1) is 14.5. The van der Waals surface area contributed by atoms with E-state index in [4.69, 9.17) is 0 Å². The number of hydrogen-bond acceptors (Lipinski definition) is 2.